The van der Waals surface area contributed by atoms with Crippen LogP contribution in [0.1, 0.15) is 31.9 Å². The highest BCUT2D eigenvalue weighted by atomic mass is 16.5. The van der Waals surface area contributed by atoms with Crippen molar-refractivity contribution in [2.24, 2.45) is 0 Å². The summed E-state index contributed by atoms with van der Waals surface area (Å²) in [5.74, 6) is 1.46. The third kappa shape index (κ3) is 5.32. The smallest absolute Gasteiger partial charge is 0.262 e. The molecule has 7 nitrogen and oxygen atoms in total. The SMILES string of the molecule is CCOc1ccccc1NC(=O)COc1cc(C)nc(N2CCCCC2)n1. The van der Waals surface area contributed by atoms with Gasteiger partial charge in [-0.05, 0) is 45.2 Å². The number of rotatable bonds is 7. The molecule has 1 saturated heterocycles. The van der Waals surface area contributed by atoms with Gasteiger partial charge in [0, 0.05) is 24.8 Å². The summed E-state index contributed by atoms with van der Waals surface area (Å²) >= 11 is 0. The molecule has 27 heavy (non-hydrogen) atoms. The maximum absolute atomic E-state index is 12.3. The predicted molar refractivity (Wildman–Crippen MR) is 105 cm³/mol. The Balaban J connectivity index is 1.61. The van der Waals surface area contributed by atoms with Crippen molar-refractivity contribution in [3.8, 4) is 11.6 Å². The van der Waals surface area contributed by atoms with E-state index < -0.39 is 0 Å². The van der Waals surface area contributed by atoms with Gasteiger partial charge in [-0.25, -0.2) is 4.98 Å². The lowest BCUT2D eigenvalue weighted by Gasteiger charge is -2.26. The van der Waals surface area contributed by atoms with Gasteiger partial charge in [0.05, 0.1) is 12.3 Å². The lowest BCUT2D eigenvalue weighted by atomic mass is 10.1. The van der Waals surface area contributed by atoms with Gasteiger partial charge >= 0.3 is 0 Å². The summed E-state index contributed by atoms with van der Waals surface area (Å²) in [7, 11) is 0. The molecule has 1 aromatic heterocycles. The third-order valence-corrected chi connectivity index (χ3v) is 4.27. The number of hydrogen-bond donors (Lipinski definition) is 1. The molecule has 1 aromatic carbocycles. The lowest BCUT2D eigenvalue weighted by Crippen LogP contribution is -2.31. The minimum absolute atomic E-state index is 0.129. The van der Waals surface area contributed by atoms with Crippen molar-refractivity contribution in [1.82, 2.24) is 9.97 Å². The van der Waals surface area contributed by atoms with E-state index in [9.17, 15) is 4.79 Å². The number of ether oxygens (including phenoxy) is 2. The van der Waals surface area contributed by atoms with Crippen molar-refractivity contribution in [1.29, 1.82) is 0 Å². The number of aromatic nitrogens is 2. The van der Waals surface area contributed by atoms with E-state index >= 15 is 0 Å². The fourth-order valence-electron chi connectivity index (χ4n) is 3.01. The summed E-state index contributed by atoms with van der Waals surface area (Å²) in [4.78, 5) is 23.4. The number of nitrogens with zero attached hydrogens (tertiary/aromatic N) is 3. The Labute approximate surface area is 159 Å². The zero-order chi connectivity index (χ0) is 19.1. The Kier molecular flexibility index (Phi) is 6.46. The summed E-state index contributed by atoms with van der Waals surface area (Å²) in [6.45, 7) is 6.12. The number of carbonyl (C=O) groups is 1. The normalized spacial score (nSPS) is 13.9. The second kappa shape index (κ2) is 9.21. The molecule has 7 heteroatoms. The molecule has 0 spiro atoms. The second-order valence-electron chi connectivity index (χ2n) is 6.46. The van der Waals surface area contributed by atoms with E-state index in [4.69, 9.17) is 9.47 Å². The minimum Gasteiger partial charge on any atom is -0.492 e. The molecule has 144 valence electrons. The van der Waals surface area contributed by atoms with E-state index in [1.807, 2.05) is 32.0 Å². The third-order valence-electron chi connectivity index (χ3n) is 4.27. The molecular weight excluding hydrogens is 344 g/mol. The van der Waals surface area contributed by atoms with Gasteiger partial charge in [0.1, 0.15) is 5.75 Å². The number of hydrogen-bond acceptors (Lipinski definition) is 6. The molecule has 0 saturated carbocycles. The quantitative estimate of drug-likeness (QED) is 0.807. The molecular formula is C20H26N4O3. The van der Waals surface area contributed by atoms with Crippen molar-refractivity contribution < 1.29 is 14.3 Å². The highest BCUT2D eigenvalue weighted by Crippen LogP contribution is 2.24. The van der Waals surface area contributed by atoms with Crippen LogP contribution in [0.3, 0.4) is 0 Å². The molecule has 1 aliphatic heterocycles. The number of benzene rings is 1. The molecule has 1 aliphatic rings. The van der Waals surface area contributed by atoms with Crippen LogP contribution in [-0.2, 0) is 4.79 Å². The highest BCUT2D eigenvalue weighted by Gasteiger charge is 2.16. The van der Waals surface area contributed by atoms with E-state index in [-0.39, 0.29) is 12.5 Å². The first-order chi connectivity index (χ1) is 13.2. The molecule has 1 N–H and O–H groups in total. The first-order valence-electron chi connectivity index (χ1n) is 9.41. The lowest BCUT2D eigenvalue weighted by molar-refractivity contribution is -0.118. The van der Waals surface area contributed by atoms with Crippen LogP contribution in [0.4, 0.5) is 11.6 Å². The first-order valence-corrected chi connectivity index (χ1v) is 9.41. The maximum Gasteiger partial charge on any atom is 0.262 e. The number of nitrogens with one attached hydrogen (secondary N) is 1. The number of piperidine rings is 1. The number of carbonyl (C=O) groups excluding carboxylic acids is 1. The van der Waals surface area contributed by atoms with Crippen LogP contribution in [0.25, 0.3) is 0 Å². The van der Waals surface area contributed by atoms with Gasteiger partial charge in [-0.2, -0.15) is 4.98 Å². The fourth-order valence-corrected chi connectivity index (χ4v) is 3.01. The van der Waals surface area contributed by atoms with Crippen molar-refractivity contribution in [3.63, 3.8) is 0 Å². The topological polar surface area (TPSA) is 76.6 Å². The molecule has 0 aliphatic carbocycles. The Morgan fingerprint density at radius 1 is 1.15 bits per heavy atom. The van der Waals surface area contributed by atoms with Crippen LogP contribution < -0.4 is 19.7 Å². The van der Waals surface area contributed by atoms with Gasteiger partial charge in [0.15, 0.2) is 6.61 Å². The largest absolute Gasteiger partial charge is 0.492 e. The standard InChI is InChI=1S/C20H26N4O3/c1-3-26-17-10-6-5-9-16(17)22-18(25)14-27-19-13-15(2)21-20(23-19)24-11-7-4-8-12-24/h5-6,9-10,13H,3-4,7-8,11-12,14H2,1-2H3,(H,22,25). The Morgan fingerprint density at radius 3 is 2.70 bits per heavy atom. The Morgan fingerprint density at radius 2 is 1.93 bits per heavy atom. The summed E-state index contributed by atoms with van der Waals surface area (Å²) in [6, 6.07) is 9.07. The summed E-state index contributed by atoms with van der Waals surface area (Å²) < 4.78 is 11.1. The summed E-state index contributed by atoms with van der Waals surface area (Å²) in [5, 5.41) is 2.82. The van der Waals surface area contributed by atoms with Gasteiger partial charge < -0.3 is 19.7 Å². The van der Waals surface area contributed by atoms with Gasteiger partial charge in [0.2, 0.25) is 11.8 Å². The first kappa shape index (κ1) is 18.9. The Hall–Kier alpha value is -2.83. The molecule has 2 heterocycles. The molecule has 0 unspecified atom stereocenters. The molecule has 1 amide bonds. The average molecular weight is 370 g/mol. The van der Waals surface area contributed by atoms with Gasteiger partial charge in [-0.3, -0.25) is 4.79 Å². The minimum atomic E-state index is -0.266. The number of aryl methyl sites for hydroxylation is 1. The van der Waals surface area contributed by atoms with Crippen LogP contribution in [0.2, 0.25) is 0 Å². The molecule has 1 fully saturated rings. The van der Waals surface area contributed by atoms with E-state index in [0.29, 0.717) is 29.9 Å². The van der Waals surface area contributed by atoms with Crippen molar-refractivity contribution in [2.75, 3.05) is 36.5 Å². The molecule has 0 atom stereocenters. The van der Waals surface area contributed by atoms with Gasteiger partial charge in [-0.15, -0.1) is 0 Å². The fraction of sp³-hybridized carbons (Fsp3) is 0.450. The molecule has 0 bridgehead atoms. The van der Waals surface area contributed by atoms with E-state index in [0.717, 1.165) is 31.6 Å². The van der Waals surface area contributed by atoms with Gasteiger partial charge in [0.25, 0.3) is 5.91 Å². The number of para-hydroxylation sites is 2. The van der Waals surface area contributed by atoms with E-state index in [2.05, 4.69) is 20.2 Å². The Bertz CT molecular complexity index is 776. The van der Waals surface area contributed by atoms with Crippen LogP contribution in [0, 0.1) is 6.92 Å². The zero-order valence-corrected chi connectivity index (χ0v) is 15.9. The summed E-state index contributed by atoms with van der Waals surface area (Å²) in [5.41, 5.74) is 1.45. The van der Waals surface area contributed by atoms with Crippen LogP contribution >= 0.6 is 0 Å². The monoisotopic (exact) mass is 370 g/mol. The average Bonchev–Trinajstić information content (AvgIpc) is 2.68. The van der Waals surface area contributed by atoms with Crippen LogP contribution in [0.5, 0.6) is 11.6 Å². The van der Waals surface area contributed by atoms with Crippen molar-refractivity contribution in [2.45, 2.75) is 33.1 Å². The number of amides is 1. The second-order valence-corrected chi connectivity index (χ2v) is 6.46. The zero-order valence-electron chi connectivity index (χ0n) is 15.9. The van der Waals surface area contributed by atoms with Crippen molar-refractivity contribution in [3.05, 3.63) is 36.0 Å². The predicted octanol–water partition coefficient (Wildman–Crippen LogP) is 3.19. The van der Waals surface area contributed by atoms with E-state index in [1.54, 1.807) is 12.1 Å². The molecule has 2 aromatic rings. The number of anilines is 2. The van der Waals surface area contributed by atoms with Crippen LogP contribution in [0.15, 0.2) is 30.3 Å². The van der Waals surface area contributed by atoms with E-state index in [1.165, 1.54) is 6.42 Å². The van der Waals surface area contributed by atoms with Crippen LogP contribution in [-0.4, -0.2) is 42.2 Å². The molecule has 0 radical (unpaired) electrons. The highest BCUT2D eigenvalue weighted by molar-refractivity contribution is 5.93. The van der Waals surface area contributed by atoms with Gasteiger partial charge in [-0.1, -0.05) is 12.1 Å². The summed E-state index contributed by atoms with van der Waals surface area (Å²) in [6.07, 6.45) is 3.54. The van der Waals surface area contributed by atoms with Crippen molar-refractivity contribution >= 4 is 17.5 Å². The maximum atomic E-state index is 12.3. The molecule has 3 rings (SSSR count).